The summed E-state index contributed by atoms with van der Waals surface area (Å²) in [5.41, 5.74) is 6.20. The van der Waals surface area contributed by atoms with E-state index in [2.05, 4.69) is 45.5 Å². The number of piperazine rings is 2. The van der Waals surface area contributed by atoms with E-state index >= 15 is 0 Å². The number of benzene rings is 4. The van der Waals surface area contributed by atoms with E-state index in [0.29, 0.717) is 69.9 Å². The van der Waals surface area contributed by atoms with Gasteiger partial charge in [-0.25, -0.2) is 0 Å². The first-order valence-electron chi connectivity index (χ1n) is 19.2. The average Bonchev–Trinajstić information content (AvgIpc) is 3.22. The van der Waals surface area contributed by atoms with Crippen molar-refractivity contribution in [2.45, 2.75) is 39.3 Å². The van der Waals surface area contributed by atoms with Crippen LogP contribution in [0.4, 0.5) is 5.69 Å². The second kappa shape index (κ2) is 18.9. The molecule has 2 aliphatic rings. The van der Waals surface area contributed by atoms with Gasteiger partial charge < -0.3 is 24.8 Å². The third-order valence-electron chi connectivity index (χ3n) is 10.3. The van der Waals surface area contributed by atoms with E-state index < -0.39 is 6.04 Å². The monoisotopic (exact) mass is 738 g/mol. The maximum atomic E-state index is 14.4. The zero-order chi connectivity index (χ0) is 38.6. The predicted octanol–water partition coefficient (Wildman–Crippen LogP) is 5.32. The number of carbonyl (C=O) groups is 3. The molecule has 2 heterocycles. The van der Waals surface area contributed by atoms with Gasteiger partial charge in [0.15, 0.2) is 0 Å². The minimum atomic E-state index is -0.750. The van der Waals surface area contributed by atoms with Gasteiger partial charge in [0.1, 0.15) is 11.8 Å². The highest BCUT2D eigenvalue weighted by Crippen LogP contribution is 2.22. The second-order valence-electron chi connectivity index (χ2n) is 14.1. The van der Waals surface area contributed by atoms with E-state index in [4.69, 9.17) is 10.00 Å². The number of nitriles is 1. The summed E-state index contributed by atoms with van der Waals surface area (Å²) in [4.78, 5) is 48.8. The molecule has 0 bridgehead atoms. The molecule has 10 heteroatoms. The summed E-state index contributed by atoms with van der Waals surface area (Å²) >= 11 is 0. The first-order chi connectivity index (χ1) is 26.8. The predicted molar refractivity (Wildman–Crippen MR) is 215 cm³/mol. The van der Waals surface area contributed by atoms with Crippen LogP contribution in [0.3, 0.4) is 0 Å². The van der Waals surface area contributed by atoms with Crippen LogP contribution < -0.4 is 15.0 Å². The van der Waals surface area contributed by atoms with Crippen molar-refractivity contribution in [3.05, 3.63) is 137 Å². The molecule has 2 aliphatic heterocycles. The minimum absolute atomic E-state index is 0.0927. The average molecular weight is 739 g/mol. The van der Waals surface area contributed by atoms with Gasteiger partial charge in [-0.3, -0.25) is 19.3 Å². The van der Waals surface area contributed by atoms with Gasteiger partial charge >= 0.3 is 0 Å². The molecule has 0 saturated carbocycles. The van der Waals surface area contributed by atoms with Gasteiger partial charge in [-0.05, 0) is 71.7 Å². The Morgan fingerprint density at radius 1 is 0.764 bits per heavy atom. The van der Waals surface area contributed by atoms with Crippen LogP contribution in [0.25, 0.3) is 6.08 Å². The highest BCUT2D eigenvalue weighted by Gasteiger charge is 2.30. The van der Waals surface area contributed by atoms with Crippen molar-refractivity contribution in [3.63, 3.8) is 0 Å². The summed E-state index contributed by atoms with van der Waals surface area (Å²) in [5, 5.41) is 12.3. The molecule has 2 fully saturated rings. The number of ether oxygens (including phenoxy) is 1. The molecule has 1 unspecified atom stereocenters. The molecule has 0 aromatic heterocycles. The third kappa shape index (κ3) is 10.8. The first-order valence-corrected chi connectivity index (χ1v) is 19.2. The zero-order valence-corrected chi connectivity index (χ0v) is 31.8. The van der Waals surface area contributed by atoms with Crippen molar-refractivity contribution < 1.29 is 19.1 Å². The van der Waals surface area contributed by atoms with Crippen LogP contribution in [0.5, 0.6) is 5.75 Å². The van der Waals surface area contributed by atoms with Crippen molar-refractivity contribution >= 4 is 29.5 Å². The first kappa shape index (κ1) is 38.8. The number of hydrogen-bond acceptors (Lipinski definition) is 7. The van der Waals surface area contributed by atoms with Crippen LogP contribution >= 0.6 is 0 Å². The normalized spacial score (nSPS) is 15.6. The Kier molecular flexibility index (Phi) is 13.3. The summed E-state index contributed by atoms with van der Waals surface area (Å²) in [7, 11) is 0. The molecule has 55 heavy (non-hydrogen) atoms. The molecule has 6 rings (SSSR count). The Labute approximate surface area is 324 Å². The lowest BCUT2D eigenvalue weighted by atomic mass is 9.99. The van der Waals surface area contributed by atoms with E-state index in [9.17, 15) is 14.4 Å². The molecule has 10 nitrogen and oxygen atoms in total. The molecular weight excluding hydrogens is 689 g/mol. The Hall–Kier alpha value is -5.92. The number of hydrogen-bond donors (Lipinski definition) is 1. The molecular formula is C45H50N6O4. The number of rotatable bonds is 13. The number of amides is 3. The molecule has 0 spiro atoms. The molecule has 4 aromatic carbocycles. The minimum Gasteiger partial charge on any atom is -0.494 e. The second-order valence-corrected chi connectivity index (χ2v) is 14.1. The van der Waals surface area contributed by atoms with Gasteiger partial charge in [-0.15, -0.1) is 0 Å². The largest absolute Gasteiger partial charge is 0.494 e. The molecule has 1 N–H and O–H groups in total. The van der Waals surface area contributed by atoms with Gasteiger partial charge in [-0.2, -0.15) is 5.26 Å². The standard InChI is InChI=1S/C45H50N6O4/c1-3-55-42-19-15-37(16-20-42)30-40(29-36-13-17-41(18-14-36)50-27-25-49(26-28-50)34(2)52)44(53)47-43(31-35-7-5-4-6-8-35)45(54)51-23-21-48(22-24-51)33-39-11-9-38(32-46)10-12-39/h4-20,30,43H,3,21-29,31,33H2,1-2H3,(H,47,53). The summed E-state index contributed by atoms with van der Waals surface area (Å²) in [6.45, 7) is 10.3. The summed E-state index contributed by atoms with van der Waals surface area (Å²) < 4.78 is 5.65. The summed E-state index contributed by atoms with van der Waals surface area (Å²) in [5.74, 6) is 0.485. The van der Waals surface area contributed by atoms with Crippen molar-refractivity contribution in [2.24, 2.45) is 0 Å². The highest BCUT2D eigenvalue weighted by atomic mass is 16.5. The molecule has 284 valence electrons. The lowest BCUT2D eigenvalue weighted by molar-refractivity contribution is -0.137. The number of nitrogens with zero attached hydrogens (tertiary/aromatic N) is 5. The van der Waals surface area contributed by atoms with Gasteiger partial charge in [0.25, 0.3) is 0 Å². The molecule has 3 amide bonds. The van der Waals surface area contributed by atoms with Crippen LogP contribution in [-0.4, -0.2) is 97.4 Å². The van der Waals surface area contributed by atoms with E-state index in [1.54, 1.807) is 6.92 Å². The number of anilines is 1. The van der Waals surface area contributed by atoms with Crippen LogP contribution in [0.15, 0.2) is 109 Å². The third-order valence-corrected chi connectivity index (χ3v) is 10.3. The van der Waals surface area contributed by atoms with Crippen LogP contribution in [0.2, 0.25) is 0 Å². The lowest BCUT2D eigenvalue weighted by Crippen LogP contribution is -2.55. The molecule has 2 saturated heterocycles. The van der Waals surface area contributed by atoms with Crippen molar-refractivity contribution in [1.29, 1.82) is 5.26 Å². The smallest absolute Gasteiger partial charge is 0.248 e. The van der Waals surface area contributed by atoms with Crippen LogP contribution in [0.1, 0.15) is 41.7 Å². The van der Waals surface area contributed by atoms with Gasteiger partial charge in [-0.1, -0.05) is 66.7 Å². The van der Waals surface area contributed by atoms with Crippen LogP contribution in [0, 0.1) is 11.3 Å². The Bertz CT molecular complexity index is 1960. The van der Waals surface area contributed by atoms with Crippen molar-refractivity contribution in [1.82, 2.24) is 20.0 Å². The Morgan fingerprint density at radius 3 is 2.02 bits per heavy atom. The summed E-state index contributed by atoms with van der Waals surface area (Å²) in [6, 6.07) is 34.8. The van der Waals surface area contributed by atoms with Gasteiger partial charge in [0.2, 0.25) is 17.7 Å². The fourth-order valence-corrected chi connectivity index (χ4v) is 7.14. The van der Waals surface area contributed by atoms with E-state index in [0.717, 1.165) is 53.3 Å². The fourth-order valence-electron chi connectivity index (χ4n) is 7.14. The van der Waals surface area contributed by atoms with Gasteiger partial charge in [0.05, 0.1) is 18.2 Å². The number of carbonyl (C=O) groups excluding carboxylic acids is 3. The van der Waals surface area contributed by atoms with Crippen molar-refractivity contribution in [3.8, 4) is 11.8 Å². The lowest BCUT2D eigenvalue weighted by Gasteiger charge is -2.36. The molecule has 4 aromatic rings. The maximum absolute atomic E-state index is 14.4. The topological polar surface area (TPSA) is 109 Å². The van der Waals surface area contributed by atoms with Crippen LogP contribution in [-0.2, 0) is 33.8 Å². The SMILES string of the molecule is CCOc1ccc(C=C(Cc2ccc(N3CCN(C(C)=O)CC3)cc2)C(=O)NC(Cc2ccccc2)C(=O)N2CCN(Cc3ccc(C#N)cc3)CC2)cc1. The molecule has 0 aliphatic carbocycles. The van der Waals surface area contributed by atoms with Crippen molar-refractivity contribution in [2.75, 3.05) is 63.9 Å². The fraction of sp³-hybridized carbons (Fsp3) is 0.333. The quantitative estimate of drug-likeness (QED) is 0.185. The Morgan fingerprint density at radius 2 is 1.40 bits per heavy atom. The van der Waals surface area contributed by atoms with E-state index in [1.165, 1.54) is 0 Å². The Balaban J connectivity index is 1.18. The highest BCUT2D eigenvalue weighted by molar-refractivity contribution is 6.01. The maximum Gasteiger partial charge on any atom is 0.248 e. The van der Waals surface area contributed by atoms with E-state index in [-0.39, 0.29) is 17.7 Å². The molecule has 1 atom stereocenters. The summed E-state index contributed by atoms with van der Waals surface area (Å²) in [6.07, 6.45) is 2.64. The van der Waals surface area contributed by atoms with Gasteiger partial charge in [0, 0.05) is 89.9 Å². The van der Waals surface area contributed by atoms with E-state index in [1.807, 2.05) is 102 Å². The zero-order valence-electron chi connectivity index (χ0n) is 31.8. The molecule has 0 radical (unpaired) electrons. The number of nitrogens with one attached hydrogen (secondary N) is 1.